The topological polar surface area (TPSA) is 37.0 Å². The molecule has 0 fully saturated rings. The second-order valence-electron chi connectivity index (χ2n) is 3.98. The molecule has 15 heavy (non-hydrogen) atoms. The molecular weight excluding hydrogens is 210 g/mol. The fourth-order valence-electron chi connectivity index (χ4n) is 1.21. The Bertz CT molecular complexity index is 313. The highest BCUT2D eigenvalue weighted by Crippen LogP contribution is 2.20. The van der Waals surface area contributed by atoms with Crippen molar-refractivity contribution in [1.29, 1.82) is 0 Å². The van der Waals surface area contributed by atoms with E-state index in [2.05, 4.69) is 29.5 Å². The van der Waals surface area contributed by atoms with Crippen LogP contribution in [0.1, 0.15) is 19.4 Å². The fraction of sp³-hybridized carbons (Fsp3) is 0.545. The molecule has 1 aromatic rings. The molecule has 0 spiro atoms. The van der Waals surface area contributed by atoms with Gasteiger partial charge in [-0.3, -0.25) is 0 Å². The van der Waals surface area contributed by atoms with E-state index in [1.54, 1.807) is 0 Å². The van der Waals surface area contributed by atoms with Crippen LogP contribution in [0.25, 0.3) is 0 Å². The molecule has 0 aliphatic carbocycles. The second-order valence-corrected chi connectivity index (χ2v) is 4.39. The lowest BCUT2D eigenvalue weighted by atomic mass is 10.2. The van der Waals surface area contributed by atoms with Gasteiger partial charge < -0.3 is 10.6 Å². The van der Waals surface area contributed by atoms with E-state index in [1.807, 2.05) is 19.3 Å². The van der Waals surface area contributed by atoms with Crippen LogP contribution in [0.3, 0.4) is 0 Å². The summed E-state index contributed by atoms with van der Waals surface area (Å²) in [5.41, 5.74) is 1.09. The van der Waals surface area contributed by atoms with E-state index in [4.69, 9.17) is 11.6 Å². The van der Waals surface area contributed by atoms with Gasteiger partial charge in [-0.05, 0) is 24.6 Å². The van der Waals surface area contributed by atoms with Gasteiger partial charge in [0.1, 0.15) is 5.82 Å². The number of halogens is 1. The third-order valence-corrected chi connectivity index (χ3v) is 2.24. The zero-order valence-electron chi connectivity index (χ0n) is 9.47. The molecule has 0 atom stereocenters. The van der Waals surface area contributed by atoms with Gasteiger partial charge in [-0.25, -0.2) is 4.98 Å². The SMILES string of the molecule is CNCc1cnc(NCC(C)C)c(Cl)c1. The molecule has 0 bridgehead atoms. The highest BCUT2D eigenvalue weighted by Gasteiger charge is 2.03. The monoisotopic (exact) mass is 227 g/mol. The molecule has 1 aromatic heterocycles. The average molecular weight is 228 g/mol. The molecule has 3 nitrogen and oxygen atoms in total. The molecule has 1 rings (SSSR count). The Morgan fingerprint density at radius 3 is 2.73 bits per heavy atom. The highest BCUT2D eigenvalue weighted by atomic mass is 35.5. The first-order chi connectivity index (χ1) is 7.13. The molecule has 0 radical (unpaired) electrons. The summed E-state index contributed by atoms with van der Waals surface area (Å²) in [5, 5.41) is 6.96. The van der Waals surface area contributed by atoms with Crippen molar-refractivity contribution in [3.63, 3.8) is 0 Å². The van der Waals surface area contributed by atoms with Crippen LogP contribution in [-0.2, 0) is 6.54 Å². The van der Waals surface area contributed by atoms with Crippen molar-refractivity contribution in [2.45, 2.75) is 20.4 Å². The van der Waals surface area contributed by atoms with E-state index in [1.165, 1.54) is 0 Å². The van der Waals surface area contributed by atoms with Gasteiger partial charge in [-0.15, -0.1) is 0 Å². The van der Waals surface area contributed by atoms with Gasteiger partial charge in [0.2, 0.25) is 0 Å². The normalized spacial score (nSPS) is 10.7. The van der Waals surface area contributed by atoms with Gasteiger partial charge >= 0.3 is 0 Å². The molecule has 2 N–H and O–H groups in total. The van der Waals surface area contributed by atoms with Crippen molar-refractivity contribution in [2.75, 3.05) is 18.9 Å². The van der Waals surface area contributed by atoms with Gasteiger partial charge in [0.05, 0.1) is 5.02 Å². The fourth-order valence-corrected chi connectivity index (χ4v) is 1.46. The predicted molar refractivity (Wildman–Crippen MR) is 65.3 cm³/mol. The molecule has 4 heteroatoms. The number of nitrogens with zero attached hydrogens (tertiary/aromatic N) is 1. The summed E-state index contributed by atoms with van der Waals surface area (Å²) < 4.78 is 0. The summed E-state index contributed by atoms with van der Waals surface area (Å²) in [6.45, 7) is 5.97. The number of aromatic nitrogens is 1. The summed E-state index contributed by atoms with van der Waals surface area (Å²) in [5.74, 6) is 1.35. The van der Waals surface area contributed by atoms with Crippen molar-refractivity contribution in [1.82, 2.24) is 10.3 Å². The van der Waals surface area contributed by atoms with Crippen molar-refractivity contribution in [2.24, 2.45) is 5.92 Å². The number of pyridine rings is 1. The predicted octanol–water partition coefficient (Wildman–Crippen LogP) is 2.52. The minimum absolute atomic E-state index is 0.583. The number of rotatable bonds is 5. The molecule has 0 amide bonds. The molecule has 0 aromatic carbocycles. The maximum Gasteiger partial charge on any atom is 0.144 e. The van der Waals surface area contributed by atoms with E-state index in [0.717, 1.165) is 24.5 Å². The van der Waals surface area contributed by atoms with Crippen LogP contribution in [0.4, 0.5) is 5.82 Å². The Kier molecular flexibility index (Phi) is 4.85. The summed E-state index contributed by atoms with van der Waals surface area (Å²) >= 11 is 6.10. The summed E-state index contributed by atoms with van der Waals surface area (Å²) in [6, 6.07) is 1.94. The van der Waals surface area contributed by atoms with Crippen LogP contribution in [0.2, 0.25) is 5.02 Å². The standard InChI is InChI=1S/C11H18ClN3/c1-8(2)5-14-11-10(12)4-9(6-13-3)7-15-11/h4,7-8,13H,5-6H2,1-3H3,(H,14,15). The second kappa shape index (κ2) is 5.93. The average Bonchev–Trinajstić information content (AvgIpc) is 2.17. The van der Waals surface area contributed by atoms with E-state index >= 15 is 0 Å². The first-order valence-electron chi connectivity index (χ1n) is 5.16. The van der Waals surface area contributed by atoms with Crippen LogP contribution < -0.4 is 10.6 Å². The van der Waals surface area contributed by atoms with Crippen LogP contribution >= 0.6 is 11.6 Å². The lowest BCUT2D eigenvalue weighted by Crippen LogP contribution is -2.10. The molecule has 0 unspecified atom stereocenters. The van der Waals surface area contributed by atoms with E-state index in [9.17, 15) is 0 Å². The Labute approximate surface area is 96.2 Å². The number of nitrogens with one attached hydrogen (secondary N) is 2. The van der Waals surface area contributed by atoms with E-state index in [-0.39, 0.29) is 0 Å². The molecule has 84 valence electrons. The van der Waals surface area contributed by atoms with Gasteiger partial charge in [-0.2, -0.15) is 0 Å². The lowest BCUT2D eigenvalue weighted by molar-refractivity contribution is 0.687. The maximum absolute atomic E-state index is 6.10. The first-order valence-corrected chi connectivity index (χ1v) is 5.54. The van der Waals surface area contributed by atoms with Crippen molar-refractivity contribution in [3.05, 3.63) is 22.8 Å². The first kappa shape index (κ1) is 12.3. The number of anilines is 1. The van der Waals surface area contributed by atoms with Crippen LogP contribution in [0.15, 0.2) is 12.3 Å². The van der Waals surface area contributed by atoms with Gasteiger partial charge in [-0.1, -0.05) is 25.4 Å². The minimum atomic E-state index is 0.583. The van der Waals surface area contributed by atoms with Gasteiger partial charge in [0.25, 0.3) is 0 Å². The lowest BCUT2D eigenvalue weighted by Gasteiger charge is -2.10. The summed E-state index contributed by atoms with van der Waals surface area (Å²) in [6.07, 6.45) is 1.84. The smallest absolute Gasteiger partial charge is 0.144 e. The van der Waals surface area contributed by atoms with Crippen LogP contribution in [0, 0.1) is 5.92 Å². The maximum atomic E-state index is 6.10. The van der Waals surface area contributed by atoms with Crippen molar-refractivity contribution in [3.8, 4) is 0 Å². The highest BCUT2D eigenvalue weighted by molar-refractivity contribution is 6.32. The Morgan fingerprint density at radius 1 is 1.47 bits per heavy atom. The zero-order chi connectivity index (χ0) is 11.3. The van der Waals surface area contributed by atoms with Gasteiger partial charge in [0.15, 0.2) is 0 Å². The molecular formula is C11H18ClN3. The molecule has 0 aliphatic rings. The van der Waals surface area contributed by atoms with Crippen LogP contribution in [-0.4, -0.2) is 18.6 Å². The Morgan fingerprint density at radius 2 is 2.20 bits per heavy atom. The molecule has 0 saturated heterocycles. The molecule has 0 saturated carbocycles. The largest absolute Gasteiger partial charge is 0.369 e. The Hall–Kier alpha value is -0.800. The number of hydrogen-bond acceptors (Lipinski definition) is 3. The third kappa shape index (κ3) is 4.06. The summed E-state index contributed by atoms with van der Waals surface area (Å²) in [7, 11) is 1.90. The van der Waals surface area contributed by atoms with Crippen molar-refractivity contribution >= 4 is 17.4 Å². The van der Waals surface area contributed by atoms with Gasteiger partial charge in [0, 0.05) is 19.3 Å². The third-order valence-electron chi connectivity index (χ3n) is 1.96. The Balaban J connectivity index is 2.66. The molecule has 1 heterocycles. The quantitative estimate of drug-likeness (QED) is 0.812. The van der Waals surface area contributed by atoms with Crippen LogP contribution in [0.5, 0.6) is 0 Å². The van der Waals surface area contributed by atoms with E-state index < -0.39 is 0 Å². The number of hydrogen-bond donors (Lipinski definition) is 2. The summed E-state index contributed by atoms with van der Waals surface area (Å²) in [4.78, 5) is 4.29. The van der Waals surface area contributed by atoms with Crippen molar-refractivity contribution < 1.29 is 0 Å². The zero-order valence-corrected chi connectivity index (χ0v) is 10.2. The van der Waals surface area contributed by atoms with E-state index in [0.29, 0.717) is 10.9 Å². The minimum Gasteiger partial charge on any atom is -0.369 e. The molecule has 0 aliphatic heterocycles.